The number of Topliss-reactive ketones (excluding diaryl/α,β-unsaturated/α-hetero) is 1. The third-order valence-corrected chi connectivity index (χ3v) is 2.87. The molecule has 1 aromatic rings. The minimum atomic E-state index is -0.574. The Morgan fingerprint density at radius 3 is 2.75 bits per heavy atom. The molecule has 0 aliphatic carbocycles. The largest absolute Gasteiger partial charge is 0.293 e. The van der Waals surface area contributed by atoms with E-state index in [1.54, 1.807) is 18.2 Å². The molecule has 0 saturated carbocycles. The lowest BCUT2D eigenvalue weighted by Gasteiger charge is -2.07. The van der Waals surface area contributed by atoms with Gasteiger partial charge in [-0.15, -0.1) is 0 Å². The van der Waals surface area contributed by atoms with Crippen molar-refractivity contribution < 1.29 is 4.79 Å². The van der Waals surface area contributed by atoms with Gasteiger partial charge in [-0.2, -0.15) is 5.26 Å². The molecule has 16 heavy (non-hydrogen) atoms. The lowest BCUT2D eigenvalue weighted by molar-refractivity contribution is 0.0943. The Morgan fingerprint density at radius 2 is 2.25 bits per heavy atom. The Balaban J connectivity index is 3.00. The molecule has 1 aromatic carbocycles. The van der Waals surface area contributed by atoms with Gasteiger partial charge < -0.3 is 0 Å². The van der Waals surface area contributed by atoms with Crippen LogP contribution in [0.15, 0.2) is 22.7 Å². The molecule has 0 amide bonds. The third kappa shape index (κ3) is 3.33. The van der Waals surface area contributed by atoms with Crippen molar-refractivity contribution in [2.75, 3.05) is 0 Å². The van der Waals surface area contributed by atoms with Gasteiger partial charge in [0, 0.05) is 15.1 Å². The molecular weight excluding hydrogens is 289 g/mol. The Kier molecular flexibility index (Phi) is 4.98. The molecule has 0 radical (unpaired) electrons. The van der Waals surface area contributed by atoms with E-state index in [9.17, 15) is 4.79 Å². The monoisotopic (exact) mass is 299 g/mol. The van der Waals surface area contributed by atoms with Gasteiger partial charge >= 0.3 is 0 Å². The van der Waals surface area contributed by atoms with Crippen molar-refractivity contribution in [1.82, 2.24) is 0 Å². The maximum Gasteiger partial charge on any atom is 0.180 e. The second-order valence-corrected chi connectivity index (χ2v) is 4.84. The van der Waals surface area contributed by atoms with Gasteiger partial charge in [-0.3, -0.25) is 4.79 Å². The standard InChI is InChI=1S/C12H11BrClNO/c1-2-3-8(7-15)12(16)9-4-10(13)6-11(14)5-9/h4-6,8H,2-3H2,1H3. The van der Waals surface area contributed by atoms with E-state index >= 15 is 0 Å². The fourth-order valence-electron chi connectivity index (χ4n) is 1.44. The van der Waals surface area contributed by atoms with Crippen LogP contribution in [-0.2, 0) is 0 Å². The van der Waals surface area contributed by atoms with Gasteiger partial charge in [-0.25, -0.2) is 0 Å². The van der Waals surface area contributed by atoms with Gasteiger partial charge in [0.25, 0.3) is 0 Å². The minimum absolute atomic E-state index is 0.160. The molecule has 0 heterocycles. The summed E-state index contributed by atoms with van der Waals surface area (Å²) in [5, 5.41) is 9.40. The highest BCUT2D eigenvalue weighted by Crippen LogP contribution is 2.22. The molecule has 1 unspecified atom stereocenters. The van der Waals surface area contributed by atoms with Crippen molar-refractivity contribution in [1.29, 1.82) is 5.26 Å². The molecule has 2 nitrogen and oxygen atoms in total. The summed E-state index contributed by atoms with van der Waals surface area (Å²) < 4.78 is 0.747. The van der Waals surface area contributed by atoms with Gasteiger partial charge in [0.15, 0.2) is 5.78 Å². The van der Waals surface area contributed by atoms with E-state index in [0.29, 0.717) is 17.0 Å². The minimum Gasteiger partial charge on any atom is -0.293 e. The van der Waals surface area contributed by atoms with Crippen LogP contribution in [0.5, 0.6) is 0 Å². The van der Waals surface area contributed by atoms with Gasteiger partial charge in [0.05, 0.1) is 6.07 Å². The number of carbonyl (C=O) groups excluding carboxylic acids is 1. The summed E-state index contributed by atoms with van der Waals surface area (Å²) in [6.07, 6.45) is 1.39. The van der Waals surface area contributed by atoms with E-state index < -0.39 is 5.92 Å². The van der Waals surface area contributed by atoms with Gasteiger partial charge in [-0.05, 0) is 24.6 Å². The maximum atomic E-state index is 12.0. The summed E-state index contributed by atoms with van der Waals surface area (Å²) in [5.41, 5.74) is 0.486. The predicted molar refractivity (Wildman–Crippen MR) is 67.5 cm³/mol. The van der Waals surface area contributed by atoms with Crippen molar-refractivity contribution >= 4 is 33.3 Å². The van der Waals surface area contributed by atoms with Crippen molar-refractivity contribution in [3.8, 4) is 6.07 Å². The summed E-state index contributed by atoms with van der Waals surface area (Å²) in [7, 11) is 0. The lowest BCUT2D eigenvalue weighted by atomic mass is 9.95. The molecule has 0 aliphatic rings. The lowest BCUT2D eigenvalue weighted by Crippen LogP contribution is -2.12. The van der Waals surface area contributed by atoms with E-state index in [2.05, 4.69) is 15.9 Å². The highest BCUT2D eigenvalue weighted by molar-refractivity contribution is 9.10. The maximum absolute atomic E-state index is 12.0. The van der Waals surface area contributed by atoms with Crippen LogP contribution in [0.4, 0.5) is 0 Å². The van der Waals surface area contributed by atoms with Crippen molar-refractivity contribution in [3.63, 3.8) is 0 Å². The molecule has 0 aromatic heterocycles. The van der Waals surface area contributed by atoms with Crippen LogP contribution >= 0.6 is 27.5 Å². The molecule has 0 bridgehead atoms. The Labute approximate surface area is 108 Å². The quantitative estimate of drug-likeness (QED) is 0.781. The summed E-state index contributed by atoms with van der Waals surface area (Å²) in [6.45, 7) is 1.95. The average Bonchev–Trinajstić information content (AvgIpc) is 2.23. The van der Waals surface area contributed by atoms with Crippen LogP contribution in [0.2, 0.25) is 5.02 Å². The highest BCUT2D eigenvalue weighted by Gasteiger charge is 2.19. The summed E-state index contributed by atoms with van der Waals surface area (Å²) in [4.78, 5) is 12.0. The van der Waals surface area contributed by atoms with E-state index in [4.69, 9.17) is 16.9 Å². The average molecular weight is 301 g/mol. The number of hydrogen-bond acceptors (Lipinski definition) is 2. The first-order chi connectivity index (χ1) is 7.58. The molecule has 1 rings (SSSR count). The zero-order chi connectivity index (χ0) is 12.1. The molecule has 0 fully saturated rings. The van der Waals surface area contributed by atoms with Crippen molar-refractivity contribution in [2.24, 2.45) is 5.92 Å². The number of hydrogen-bond donors (Lipinski definition) is 0. The second-order valence-electron chi connectivity index (χ2n) is 3.49. The number of carbonyl (C=O) groups is 1. The summed E-state index contributed by atoms with van der Waals surface area (Å²) >= 11 is 9.13. The van der Waals surface area contributed by atoms with E-state index in [1.807, 2.05) is 13.0 Å². The van der Waals surface area contributed by atoms with E-state index in [0.717, 1.165) is 10.9 Å². The Bertz CT molecular complexity index is 419. The fraction of sp³-hybridized carbons (Fsp3) is 0.333. The van der Waals surface area contributed by atoms with Crippen LogP contribution < -0.4 is 0 Å². The van der Waals surface area contributed by atoms with Crippen LogP contribution in [0.3, 0.4) is 0 Å². The number of halogens is 2. The first-order valence-corrected chi connectivity index (χ1v) is 6.15. The second kappa shape index (κ2) is 6.03. The topological polar surface area (TPSA) is 40.9 Å². The van der Waals surface area contributed by atoms with Crippen LogP contribution in [-0.4, -0.2) is 5.78 Å². The molecule has 0 saturated heterocycles. The normalized spacial score (nSPS) is 11.9. The molecule has 0 aliphatic heterocycles. The summed E-state index contributed by atoms with van der Waals surface area (Å²) in [6, 6.07) is 7.02. The SMILES string of the molecule is CCCC(C#N)C(=O)c1cc(Cl)cc(Br)c1. The van der Waals surface area contributed by atoms with Crippen LogP contribution in [0, 0.1) is 17.2 Å². The fourth-order valence-corrected chi connectivity index (χ4v) is 2.30. The zero-order valence-electron chi connectivity index (χ0n) is 8.84. The van der Waals surface area contributed by atoms with Crippen molar-refractivity contribution in [3.05, 3.63) is 33.3 Å². The highest BCUT2D eigenvalue weighted by atomic mass is 79.9. The molecule has 0 N–H and O–H groups in total. The van der Waals surface area contributed by atoms with Gasteiger partial charge in [-0.1, -0.05) is 40.9 Å². The van der Waals surface area contributed by atoms with Gasteiger partial charge in [0.1, 0.15) is 5.92 Å². The van der Waals surface area contributed by atoms with Crippen molar-refractivity contribution in [2.45, 2.75) is 19.8 Å². The van der Waals surface area contributed by atoms with Crippen LogP contribution in [0.25, 0.3) is 0 Å². The molecule has 4 heteroatoms. The molecule has 84 valence electrons. The number of nitriles is 1. The molecule has 1 atom stereocenters. The summed E-state index contributed by atoms with van der Waals surface area (Å²) in [5.74, 6) is -0.733. The van der Waals surface area contributed by atoms with E-state index in [1.165, 1.54) is 0 Å². The molecular formula is C12H11BrClNO. The predicted octanol–water partition coefficient (Wildman–Crippen LogP) is 4.23. The third-order valence-electron chi connectivity index (χ3n) is 2.20. The number of rotatable bonds is 4. The van der Waals surface area contributed by atoms with E-state index in [-0.39, 0.29) is 5.78 Å². The Morgan fingerprint density at radius 1 is 1.56 bits per heavy atom. The first kappa shape index (κ1) is 13.2. The van der Waals surface area contributed by atoms with Crippen LogP contribution in [0.1, 0.15) is 30.1 Å². The number of nitrogens with zero attached hydrogens (tertiary/aromatic N) is 1. The number of ketones is 1. The Hall–Kier alpha value is -0.850. The molecule has 0 spiro atoms. The first-order valence-electron chi connectivity index (χ1n) is 4.98. The van der Waals surface area contributed by atoms with Gasteiger partial charge in [0.2, 0.25) is 0 Å². The smallest absolute Gasteiger partial charge is 0.180 e. The number of benzene rings is 1. The zero-order valence-corrected chi connectivity index (χ0v) is 11.2.